The molecule has 1 atom stereocenters. The molecular formula is C13H28N2. The summed E-state index contributed by atoms with van der Waals surface area (Å²) in [6, 6.07) is 2.19. The van der Waals surface area contributed by atoms with Gasteiger partial charge in [0.15, 0.2) is 0 Å². The summed E-state index contributed by atoms with van der Waals surface area (Å²) in [6.07, 6.45) is 5.28. The number of hydrogen-bond acceptors (Lipinski definition) is 2. The van der Waals surface area contributed by atoms with E-state index in [0.29, 0.717) is 6.04 Å². The lowest BCUT2D eigenvalue weighted by atomic mass is 10.1. The molecule has 0 amide bonds. The van der Waals surface area contributed by atoms with Gasteiger partial charge in [-0.15, -0.1) is 0 Å². The minimum Gasteiger partial charge on any atom is -0.313 e. The summed E-state index contributed by atoms with van der Waals surface area (Å²) in [5.74, 6) is 0. The van der Waals surface area contributed by atoms with Crippen LogP contribution in [0.3, 0.4) is 0 Å². The van der Waals surface area contributed by atoms with Crippen molar-refractivity contribution in [3.63, 3.8) is 0 Å². The lowest BCUT2D eigenvalue weighted by molar-refractivity contribution is 0.131. The Bertz CT molecular complexity index is 158. The average Bonchev–Trinajstić information content (AvgIpc) is 2.70. The fourth-order valence-electron chi connectivity index (χ4n) is 2.71. The molecule has 0 aromatic carbocycles. The van der Waals surface area contributed by atoms with Crippen LogP contribution >= 0.6 is 0 Å². The number of rotatable bonds is 6. The van der Waals surface area contributed by atoms with Crippen LogP contribution in [0.1, 0.15) is 53.4 Å². The molecule has 0 aromatic heterocycles. The van der Waals surface area contributed by atoms with Crippen molar-refractivity contribution in [3.05, 3.63) is 0 Å². The molecule has 0 aliphatic carbocycles. The van der Waals surface area contributed by atoms with Crippen LogP contribution in [0.15, 0.2) is 0 Å². The molecule has 90 valence electrons. The maximum atomic E-state index is 3.60. The number of hydrogen-bond donors (Lipinski definition) is 1. The van der Waals surface area contributed by atoms with Gasteiger partial charge in [-0.05, 0) is 46.1 Å². The standard InChI is InChI=1S/C13H28N2/c1-5-13(6-2)15(11(3)4)10-12-8-7-9-14-12/h11-14H,5-10H2,1-4H3. The van der Waals surface area contributed by atoms with Crippen LogP contribution in [-0.4, -0.2) is 36.1 Å². The third kappa shape index (κ3) is 3.76. The first kappa shape index (κ1) is 13.0. The Kier molecular flexibility index (Phi) is 5.62. The van der Waals surface area contributed by atoms with E-state index < -0.39 is 0 Å². The average molecular weight is 212 g/mol. The zero-order chi connectivity index (χ0) is 11.3. The van der Waals surface area contributed by atoms with Crippen molar-refractivity contribution in [1.29, 1.82) is 0 Å². The van der Waals surface area contributed by atoms with Gasteiger partial charge in [0, 0.05) is 24.7 Å². The third-order valence-electron chi connectivity index (χ3n) is 3.67. The second-order valence-corrected chi connectivity index (χ2v) is 5.05. The lowest BCUT2D eigenvalue weighted by Gasteiger charge is -2.36. The SMILES string of the molecule is CCC(CC)N(CC1CCCN1)C(C)C. The summed E-state index contributed by atoms with van der Waals surface area (Å²) in [6.45, 7) is 11.7. The van der Waals surface area contributed by atoms with Crippen molar-refractivity contribution < 1.29 is 0 Å². The van der Waals surface area contributed by atoms with Gasteiger partial charge in [0.25, 0.3) is 0 Å². The van der Waals surface area contributed by atoms with Crippen LogP contribution in [0, 0.1) is 0 Å². The van der Waals surface area contributed by atoms with E-state index in [1.807, 2.05) is 0 Å². The Morgan fingerprint density at radius 3 is 2.33 bits per heavy atom. The van der Waals surface area contributed by atoms with E-state index in [-0.39, 0.29) is 0 Å². The van der Waals surface area contributed by atoms with Crippen molar-refractivity contribution >= 4 is 0 Å². The van der Waals surface area contributed by atoms with Gasteiger partial charge >= 0.3 is 0 Å². The van der Waals surface area contributed by atoms with Gasteiger partial charge in [0.2, 0.25) is 0 Å². The zero-order valence-electron chi connectivity index (χ0n) is 10.9. The van der Waals surface area contributed by atoms with E-state index in [0.717, 1.165) is 12.1 Å². The van der Waals surface area contributed by atoms with Crippen molar-refractivity contribution in [1.82, 2.24) is 10.2 Å². The minimum atomic E-state index is 0.678. The molecule has 15 heavy (non-hydrogen) atoms. The largest absolute Gasteiger partial charge is 0.313 e. The fourth-order valence-corrected chi connectivity index (χ4v) is 2.71. The molecule has 2 heteroatoms. The summed E-state index contributed by atoms with van der Waals surface area (Å²) in [5.41, 5.74) is 0. The monoisotopic (exact) mass is 212 g/mol. The van der Waals surface area contributed by atoms with E-state index in [1.165, 1.54) is 38.8 Å². The smallest absolute Gasteiger partial charge is 0.0195 e. The highest BCUT2D eigenvalue weighted by Crippen LogP contribution is 2.16. The molecule has 1 rings (SSSR count). The Labute approximate surface area is 95.4 Å². The number of nitrogens with one attached hydrogen (secondary N) is 1. The molecule has 0 aromatic rings. The molecule has 0 radical (unpaired) electrons. The highest BCUT2D eigenvalue weighted by Gasteiger charge is 2.23. The molecular weight excluding hydrogens is 184 g/mol. The molecule has 0 saturated carbocycles. The van der Waals surface area contributed by atoms with Crippen LogP contribution in [0.25, 0.3) is 0 Å². The molecule has 1 aliphatic rings. The van der Waals surface area contributed by atoms with Crippen LogP contribution in [-0.2, 0) is 0 Å². The maximum Gasteiger partial charge on any atom is 0.0195 e. The first-order valence-electron chi connectivity index (χ1n) is 6.68. The third-order valence-corrected chi connectivity index (χ3v) is 3.67. The van der Waals surface area contributed by atoms with Gasteiger partial charge in [-0.1, -0.05) is 13.8 Å². The molecule has 0 spiro atoms. The predicted octanol–water partition coefficient (Wildman–Crippen LogP) is 2.64. The maximum absolute atomic E-state index is 3.60. The van der Waals surface area contributed by atoms with E-state index in [9.17, 15) is 0 Å². The summed E-state index contributed by atoms with van der Waals surface area (Å²) in [4.78, 5) is 2.68. The molecule has 2 nitrogen and oxygen atoms in total. The van der Waals surface area contributed by atoms with Gasteiger partial charge in [-0.25, -0.2) is 0 Å². The normalized spacial score (nSPS) is 22.2. The van der Waals surface area contributed by atoms with Crippen LogP contribution in [0.4, 0.5) is 0 Å². The van der Waals surface area contributed by atoms with E-state index >= 15 is 0 Å². The summed E-state index contributed by atoms with van der Waals surface area (Å²) < 4.78 is 0. The number of nitrogens with zero attached hydrogens (tertiary/aromatic N) is 1. The Hall–Kier alpha value is -0.0800. The summed E-state index contributed by atoms with van der Waals surface area (Å²) in [7, 11) is 0. The molecule has 0 bridgehead atoms. The Morgan fingerprint density at radius 2 is 1.93 bits per heavy atom. The predicted molar refractivity (Wildman–Crippen MR) is 67.2 cm³/mol. The molecule has 1 unspecified atom stereocenters. The topological polar surface area (TPSA) is 15.3 Å². The van der Waals surface area contributed by atoms with Crippen molar-refractivity contribution in [2.45, 2.75) is 71.5 Å². The quantitative estimate of drug-likeness (QED) is 0.728. The van der Waals surface area contributed by atoms with Crippen LogP contribution < -0.4 is 5.32 Å². The van der Waals surface area contributed by atoms with E-state index in [2.05, 4.69) is 37.9 Å². The molecule has 1 aliphatic heterocycles. The first-order valence-corrected chi connectivity index (χ1v) is 6.68. The van der Waals surface area contributed by atoms with E-state index in [1.54, 1.807) is 0 Å². The highest BCUT2D eigenvalue weighted by molar-refractivity contribution is 4.82. The van der Waals surface area contributed by atoms with Gasteiger partial charge in [-0.3, -0.25) is 4.90 Å². The van der Waals surface area contributed by atoms with Crippen molar-refractivity contribution in [2.24, 2.45) is 0 Å². The summed E-state index contributed by atoms with van der Waals surface area (Å²) >= 11 is 0. The van der Waals surface area contributed by atoms with Gasteiger partial charge < -0.3 is 5.32 Å². The second-order valence-electron chi connectivity index (χ2n) is 5.05. The zero-order valence-corrected chi connectivity index (χ0v) is 10.9. The molecule has 1 saturated heterocycles. The summed E-state index contributed by atoms with van der Waals surface area (Å²) in [5, 5.41) is 3.60. The van der Waals surface area contributed by atoms with Gasteiger partial charge in [0.05, 0.1) is 0 Å². The minimum absolute atomic E-state index is 0.678. The Balaban J connectivity index is 2.48. The second kappa shape index (κ2) is 6.49. The van der Waals surface area contributed by atoms with Crippen LogP contribution in [0.5, 0.6) is 0 Å². The van der Waals surface area contributed by atoms with Gasteiger partial charge in [0.1, 0.15) is 0 Å². The highest BCUT2D eigenvalue weighted by atomic mass is 15.2. The van der Waals surface area contributed by atoms with Gasteiger partial charge in [-0.2, -0.15) is 0 Å². The molecule has 1 N–H and O–H groups in total. The molecule has 1 fully saturated rings. The van der Waals surface area contributed by atoms with Crippen molar-refractivity contribution in [2.75, 3.05) is 13.1 Å². The first-order chi connectivity index (χ1) is 7.19. The van der Waals surface area contributed by atoms with Crippen molar-refractivity contribution in [3.8, 4) is 0 Å². The lowest BCUT2D eigenvalue weighted by Crippen LogP contribution is -2.46. The fraction of sp³-hybridized carbons (Fsp3) is 1.00. The van der Waals surface area contributed by atoms with Crippen LogP contribution in [0.2, 0.25) is 0 Å². The Morgan fingerprint density at radius 1 is 1.27 bits per heavy atom. The van der Waals surface area contributed by atoms with E-state index in [4.69, 9.17) is 0 Å². The molecule has 1 heterocycles.